The van der Waals surface area contributed by atoms with Crippen molar-refractivity contribution in [2.75, 3.05) is 13.7 Å². The molecule has 4 heteroatoms. The molecule has 0 fully saturated rings. The minimum atomic E-state index is -0.212. The summed E-state index contributed by atoms with van der Waals surface area (Å²) in [5, 5.41) is 1.02. The van der Waals surface area contributed by atoms with E-state index in [1.807, 2.05) is 48.5 Å². The fourth-order valence-electron chi connectivity index (χ4n) is 3.48. The highest BCUT2D eigenvalue weighted by molar-refractivity contribution is 5.97. The molecule has 4 nitrogen and oxygen atoms in total. The molecule has 0 saturated carbocycles. The van der Waals surface area contributed by atoms with Crippen LogP contribution in [0.4, 0.5) is 0 Å². The van der Waals surface area contributed by atoms with Crippen molar-refractivity contribution in [2.24, 2.45) is 5.92 Å². The van der Waals surface area contributed by atoms with E-state index < -0.39 is 0 Å². The van der Waals surface area contributed by atoms with E-state index >= 15 is 0 Å². The number of benzene rings is 2. The Bertz CT molecular complexity index is 965. The molecule has 0 N–H and O–H groups in total. The first-order valence-corrected chi connectivity index (χ1v) is 10.2. The van der Waals surface area contributed by atoms with Crippen LogP contribution in [0.25, 0.3) is 22.0 Å². The number of para-hydroxylation sites is 1. The lowest BCUT2D eigenvalue weighted by atomic mass is 9.95. The topological polar surface area (TPSA) is 48.4 Å². The molecule has 2 aromatic carbocycles. The Morgan fingerprint density at radius 2 is 1.90 bits per heavy atom. The molecule has 0 atom stereocenters. The maximum Gasteiger partial charge on any atom is 0.310 e. The average Bonchev–Trinajstić information content (AvgIpc) is 2.73. The summed E-state index contributed by atoms with van der Waals surface area (Å²) in [6, 6.07) is 15.9. The van der Waals surface area contributed by atoms with E-state index in [4.69, 9.17) is 9.47 Å². The van der Waals surface area contributed by atoms with Crippen LogP contribution in [-0.2, 0) is 16.0 Å². The predicted octanol–water partition coefficient (Wildman–Crippen LogP) is 5.82. The van der Waals surface area contributed by atoms with E-state index in [2.05, 4.69) is 18.8 Å². The van der Waals surface area contributed by atoms with Gasteiger partial charge in [-0.1, -0.05) is 50.6 Å². The molecule has 3 rings (SSSR count). The second-order valence-electron chi connectivity index (χ2n) is 7.69. The summed E-state index contributed by atoms with van der Waals surface area (Å²) in [5.41, 5.74) is 3.77. The first kappa shape index (κ1) is 20.8. The van der Waals surface area contributed by atoms with Crippen LogP contribution in [0.15, 0.2) is 54.7 Å². The van der Waals surface area contributed by atoms with Gasteiger partial charge in [0.05, 0.1) is 25.7 Å². The number of pyridine rings is 1. The molecule has 0 bridgehead atoms. The summed E-state index contributed by atoms with van der Waals surface area (Å²) in [6.45, 7) is 4.89. The van der Waals surface area contributed by atoms with Gasteiger partial charge in [-0.05, 0) is 53.6 Å². The highest BCUT2D eigenvalue weighted by Crippen LogP contribution is 2.33. The van der Waals surface area contributed by atoms with Crippen molar-refractivity contribution in [1.82, 2.24) is 4.98 Å². The Hall–Kier alpha value is -2.88. The monoisotopic (exact) mass is 391 g/mol. The molecule has 0 aliphatic rings. The van der Waals surface area contributed by atoms with E-state index in [9.17, 15) is 4.79 Å². The second kappa shape index (κ2) is 10.1. The number of nitrogens with zero attached hydrogens (tertiary/aromatic N) is 1. The van der Waals surface area contributed by atoms with Crippen LogP contribution >= 0.6 is 0 Å². The molecule has 0 saturated heterocycles. The standard InChI is InChI=1S/C25H29NO3/c1-18(2)9-6-7-14-29-24(27)16-20-17-26-23-13-5-4-12-22(23)25(20)19-10-8-11-21(15-19)28-3/h4-5,8,10-13,15,17-18H,6-7,9,14,16H2,1-3H3. The van der Waals surface area contributed by atoms with Gasteiger partial charge in [-0.2, -0.15) is 0 Å². The first-order chi connectivity index (χ1) is 14.1. The van der Waals surface area contributed by atoms with Gasteiger partial charge in [0.1, 0.15) is 5.75 Å². The quantitative estimate of drug-likeness (QED) is 0.340. The van der Waals surface area contributed by atoms with Gasteiger partial charge in [-0.3, -0.25) is 9.78 Å². The minimum Gasteiger partial charge on any atom is -0.497 e. The molecule has 0 unspecified atom stereocenters. The summed E-state index contributed by atoms with van der Waals surface area (Å²) in [6.07, 6.45) is 5.14. The molecule has 1 heterocycles. The van der Waals surface area contributed by atoms with Crippen LogP contribution in [0.5, 0.6) is 5.75 Å². The van der Waals surface area contributed by atoms with Crippen molar-refractivity contribution in [3.05, 3.63) is 60.3 Å². The molecule has 0 aliphatic heterocycles. The van der Waals surface area contributed by atoms with E-state index in [1.54, 1.807) is 13.3 Å². The number of carbonyl (C=O) groups is 1. The van der Waals surface area contributed by atoms with E-state index in [0.29, 0.717) is 12.5 Å². The zero-order valence-corrected chi connectivity index (χ0v) is 17.5. The third kappa shape index (κ3) is 5.57. The number of hydrogen-bond acceptors (Lipinski definition) is 4. The van der Waals surface area contributed by atoms with Crippen LogP contribution in [0, 0.1) is 5.92 Å². The van der Waals surface area contributed by atoms with Gasteiger partial charge in [0.2, 0.25) is 0 Å². The maximum atomic E-state index is 12.5. The number of rotatable bonds is 9. The van der Waals surface area contributed by atoms with E-state index in [1.165, 1.54) is 0 Å². The summed E-state index contributed by atoms with van der Waals surface area (Å²) in [7, 11) is 1.65. The predicted molar refractivity (Wildman–Crippen MR) is 117 cm³/mol. The van der Waals surface area contributed by atoms with Gasteiger partial charge in [0.15, 0.2) is 0 Å². The molecule has 0 radical (unpaired) electrons. The van der Waals surface area contributed by atoms with Crippen molar-refractivity contribution < 1.29 is 14.3 Å². The highest BCUT2D eigenvalue weighted by atomic mass is 16.5. The summed E-state index contributed by atoms with van der Waals surface area (Å²) in [5.74, 6) is 1.25. The fraction of sp³-hybridized carbons (Fsp3) is 0.360. The molecule has 152 valence electrons. The summed E-state index contributed by atoms with van der Waals surface area (Å²) < 4.78 is 10.9. The Kier molecular flexibility index (Phi) is 7.23. The molecular weight excluding hydrogens is 362 g/mol. The van der Waals surface area contributed by atoms with Gasteiger partial charge in [-0.15, -0.1) is 0 Å². The summed E-state index contributed by atoms with van der Waals surface area (Å²) in [4.78, 5) is 17.0. The van der Waals surface area contributed by atoms with Crippen LogP contribution in [0.2, 0.25) is 0 Å². The van der Waals surface area contributed by atoms with Crippen molar-refractivity contribution in [3.63, 3.8) is 0 Å². The molecule has 1 aromatic heterocycles. The maximum absolute atomic E-state index is 12.5. The molecule has 0 spiro atoms. The fourth-order valence-corrected chi connectivity index (χ4v) is 3.48. The van der Waals surface area contributed by atoms with Crippen LogP contribution in [0.3, 0.4) is 0 Å². The zero-order valence-electron chi connectivity index (χ0n) is 17.5. The number of unbranched alkanes of at least 4 members (excludes halogenated alkanes) is 1. The zero-order chi connectivity index (χ0) is 20.6. The van der Waals surface area contributed by atoms with Crippen LogP contribution < -0.4 is 4.74 Å². The van der Waals surface area contributed by atoms with Crippen LogP contribution in [0.1, 0.15) is 38.7 Å². The SMILES string of the molecule is COc1cccc(-c2c(CC(=O)OCCCCC(C)C)cnc3ccccc23)c1. The minimum absolute atomic E-state index is 0.203. The number of hydrogen-bond donors (Lipinski definition) is 0. The van der Waals surface area contributed by atoms with Crippen molar-refractivity contribution in [2.45, 2.75) is 39.5 Å². The van der Waals surface area contributed by atoms with Crippen molar-refractivity contribution >= 4 is 16.9 Å². The Morgan fingerprint density at radius 3 is 2.69 bits per heavy atom. The summed E-state index contributed by atoms with van der Waals surface area (Å²) >= 11 is 0. The second-order valence-corrected chi connectivity index (χ2v) is 7.69. The smallest absolute Gasteiger partial charge is 0.310 e. The Morgan fingerprint density at radius 1 is 1.07 bits per heavy atom. The number of aromatic nitrogens is 1. The lowest BCUT2D eigenvalue weighted by Crippen LogP contribution is -2.10. The lowest BCUT2D eigenvalue weighted by Gasteiger charge is -2.14. The molecular formula is C25H29NO3. The van der Waals surface area contributed by atoms with Gasteiger partial charge in [0, 0.05) is 11.6 Å². The molecule has 0 aliphatic carbocycles. The van der Waals surface area contributed by atoms with Gasteiger partial charge in [0.25, 0.3) is 0 Å². The van der Waals surface area contributed by atoms with E-state index in [-0.39, 0.29) is 12.4 Å². The van der Waals surface area contributed by atoms with Gasteiger partial charge >= 0.3 is 5.97 Å². The third-order valence-electron chi connectivity index (χ3n) is 4.99. The largest absolute Gasteiger partial charge is 0.497 e. The number of carbonyl (C=O) groups excluding carboxylic acids is 1. The number of fused-ring (bicyclic) bond motifs is 1. The number of methoxy groups -OCH3 is 1. The average molecular weight is 392 g/mol. The highest BCUT2D eigenvalue weighted by Gasteiger charge is 2.15. The van der Waals surface area contributed by atoms with Crippen molar-refractivity contribution in [1.29, 1.82) is 0 Å². The van der Waals surface area contributed by atoms with Gasteiger partial charge in [-0.25, -0.2) is 0 Å². The Balaban J connectivity index is 1.83. The van der Waals surface area contributed by atoms with Gasteiger partial charge < -0.3 is 9.47 Å². The third-order valence-corrected chi connectivity index (χ3v) is 4.99. The number of esters is 1. The Labute approximate surface area is 172 Å². The molecule has 3 aromatic rings. The van der Waals surface area contributed by atoms with Crippen LogP contribution in [-0.4, -0.2) is 24.7 Å². The molecule has 0 amide bonds. The molecule has 29 heavy (non-hydrogen) atoms. The normalized spacial score (nSPS) is 11.0. The van der Waals surface area contributed by atoms with Crippen molar-refractivity contribution in [3.8, 4) is 16.9 Å². The number of ether oxygens (including phenoxy) is 2. The first-order valence-electron chi connectivity index (χ1n) is 10.2. The lowest BCUT2D eigenvalue weighted by molar-refractivity contribution is -0.142. The van der Waals surface area contributed by atoms with E-state index in [0.717, 1.165) is 52.6 Å².